The molecule has 0 unspecified atom stereocenters. The lowest BCUT2D eigenvalue weighted by Gasteiger charge is -2.34. The van der Waals surface area contributed by atoms with Gasteiger partial charge in [-0.1, -0.05) is 0 Å². The van der Waals surface area contributed by atoms with E-state index >= 15 is 0 Å². The summed E-state index contributed by atoms with van der Waals surface area (Å²) < 4.78 is 5.18. The van der Waals surface area contributed by atoms with Crippen LogP contribution in [0.15, 0.2) is 41.0 Å². The van der Waals surface area contributed by atoms with E-state index in [-0.39, 0.29) is 11.9 Å². The number of anilines is 2. The van der Waals surface area contributed by atoms with Gasteiger partial charge in [0.1, 0.15) is 0 Å². The summed E-state index contributed by atoms with van der Waals surface area (Å²) in [5.74, 6) is 2.53. The van der Waals surface area contributed by atoms with Crippen molar-refractivity contribution in [2.45, 2.75) is 6.92 Å². The van der Waals surface area contributed by atoms with E-state index in [0.717, 1.165) is 35.8 Å². The number of benzene rings is 1. The topological polar surface area (TPSA) is 69.0 Å². The van der Waals surface area contributed by atoms with Crippen LogP contribution in [0.2, 0.25) is 0 Å². The van der Waals surface area contributed by atoms with E-state index < -0.39 is 0 Å². The van der Waals surface area contributed by atoms with Gasteiger partial charge in [0.15, 0.2) is 5.76 Å². The van der Waals surface area contributed by atoms with Gasteiger partial charge in [0.25, 0.3) is 5.91 Å². The molecule has 0 spiro atoms. The molecule has 2 aliphatic rings. The molecule has 2 aromatic rings. The van der Waals surface area contributed by atoms with Gasteiger partial charge in [-0.25, -0.2) is 4.79 Å². The number of furan rings is 1. The molecule has 2 saturated heterocycles. The van der Waals surface area contributed by atoms with Crippen LogP contribution in [-0.4, -0.2) is 72.5 Å². The maximum atomic E-state index is 12.7. The molecular formula is C21H26N4O3S. The number of nitrogens with one attached hydrogen (secondary N) is 1. The summed E-state index contributed by atoms with van der Waals surface area (Å²) >= 11 is 1.99. The maximum Gasteiger partial charge on any atom is 0.321 e. The Bertz CT molecular complexity index is 857. The van der Waals surface area contributed by atoms with Crippen LogP contribution in [0.25, 0.3) is 0 Å². The molecule has 2 fully saturated rings. The highest BCUT2D eigenvalue weighted by molar-refractivity contribution is 7.99. The molecule has 1 aromatic heterocycles. The minimum atomic E-state index is -0.127. The van der Waals surface area contributed by atoms with Crippen molar-refractivity contribution < 1.29 is 14.0 Å². The molecule has 0 radical (unpaired) electrons. The lowest BCUT2D eigenvalue weighted by Crippen LogP contribution is -2.51. The van der Waals surface area contributed by atoms with Crippen molar-refractivity contribution in [2.24, 2.45) is 0 Å². The molecule has 3 amide bonds. The number of rotatable bonds is 3. The van der Waals surface area contributed by atoms with Crippen LogP contribution in [0.3, 0.4) is 0 Å². The lowest BCUT2D eigenvalue weighted by molar-refractivity contribution is 0.0640. The predicted octanol–water partition coefficient (Wildman–Crippen LogP) is 3.13. The molecule has 7 nitrogen and oxygen atoms in total. The molecule has 29 heavy (non-hydrogen) atoms. The van der Waals surface area contributed by atoms with E-state index in [2.05, 4.69) is 22.3 Å². The Balaban J connectivity index is 1.32. The highest BCUT2D eigenvalue weighted by Gasteiger charge is 2.26. The molecule has 1 aromatic carbocycles. The van der Waals surface area contributed by atoms with Gasteiger partial charge < -0.3 is 24.4 Å². The summed E-state index contributed by atoms with van der Waals surface area (Å²) in [6, 6.07) is 9.46. The molecular weight excluding hydrogens is 388 g/mol. The third kappa shape index (κ3) is 4.53. The van der Waals surface area contributed by atoms with Gasteiger partial charge in [0.05, 0.1) is 6.26 Å². The molecule has 0 aliphatic carbocycles. The van der Waals surface area contributed by atoms with E-state index in [4.69, 9.17) is 4.42 Å². The fourth-order valence-corrected chi connectivity index (χ4v) is 4.57. The van der Waals surface area contributed by atoms with Gasteiger partial charge in [-0.15, -0.1) is 0 Å². The minimum Gasteiger partial charge on any atom is -0.459 e. The summed E-state index contributed by atoms with van der Waals surface area (Å²) in [5, 5.41) is 3.02. The first-order valence-electron chi connectivity index (χ1n) is 9.94. The second-order valence-electron chi connectivity index (χ2n) is 7.29. The van der Waals surface area contributed by atoms with Crippen LogP contribution in [-0.2, 0) is 0 Å². The summed E-state index contributed by atoms with van der Waals surface area (Å²) in [6.07, 6.45) is 1.49. The van der Waals surface area contributed by atoms with E-state index in [0.29, 0.717) is 31.9 Å². The molecule has 0 bridgehead atoms. The Morgan fingerprint density at radius 2 is 1.72 bits per heavy atom. The predicted molar refractivity (Wildman–Crippen MR) is 116 cm³/mol. The van der Waals surface area contributed by atoms with Gasteiger partial charge in [0.2, 0.25) is 0 Å². The van der Waals surface area contributed by atoms with Crippen LogP contribution in [0.4, 0.5) is 16.2 Å². The van der Waals surface area contributed by atoms with E-state index in [9.17, 15) is 9.59 Å². The summed E-state index contributed by atoms with van der Waals surface area (Å²) in [6.45, 7) is 6.16. The Morgan fingerprint density at radius 1 is 1.00 bits per heavy atom. The van der Waals surface area contributed by atoms with Gasteiger partial charge in [-0.05, 0) is 42.8 Å². The molecule has 0 atom stereocenters. The van der Waals surface area contributed by atoms with E-state index in [1.165, 1.54) is 12.0 Å². The largest absolute Gasteiger partial charge is 0.459 e. The summed E-state index contributed by atoms with van der Waals surface area (Å²) in [7, 11) is 0. The number of thioether (sulfide) groups is 1. The minimum absolute atomic E-state index is 0.125. The number of hydrogen-bond acceptors (Lipinski definition) is 5. The first kappa shape index (κ1) is 19.7. The third-order valence-corrected chi connectivity index (χ3v) is 6.36. The van der Waals surface area contributed by atoms with Gasteiger partial charge in [0, 0.05) is 62.1 Å². The molecule has 3 heterocycles. The van der Waals surface area contributed by atoms with Gasteiger partial charge in [-0.3, -0.25) is 4.79 Å². The SMILES string of the molecule is Cc1cc(N2CCSCC2)ccc1NC(=O)N1CCN(C(=O)c2ccco2)CC1. The first-order valence-corrected chi connectivity index (χ1v) is 11.1. The Kier molecular flexibility index (Phi) is 5.99. The van der Waals surface area contributed by atoms with E-state index in [1.54, 1.807) is 21.9 Å². The van der Waals surface area contributed by atoms with Crippen molar-refractivity contribution >= 4 is 35.1 Å². The number of amides is 3. The Labute approximate surface area is 175 Å². The second kappa shape index (κ2) is 8.82. The van der Waals surface area contributed by atoms with E-state index in [1.807, 2.05) is 24.8 Å². The standard InChI is InChI=1S/C21H26N4O3S/c1-16-15-17(23-10-13-29-14-11-23)4-5-18(16)22-21(27)25-8-6-24(7-9-25)20(26)19-3-2-12-28-19/h2-5,12,15H,6-11,13-14H2,1H3,(H,22,27). The first-order chi connectivity index (χ1) is 14.1. The smallest absolute Gasteiger partial charge is 0.321 e. The average molecular weight is 415 g/mol. The van der Waals surface area contributed by atoms with Crippen molar-refractivity contribution in [3.05, 3.63) is 47.9 Å². The number of hydrogen-bond donors (Lipinski definition) is 1. The number of aryl methyl sites for hydroxylation is 1. The number of carbonyl (C=O) groups is 2. The number of urea groups is 1. The second-order valence-corrected chi connectivity index (χ2v) is 8.51. The Hall–Kier alpha value is -2.61. The highest BCUT2D eigenvalue weighted by atomic mass is 32.2. The lowest BCUT2D eigenvalue weighted by atomic mass is 10.1. The third-order valence-electron chi connectivity index (χ3n) is 5.41. The van der Waals surface area contributed by atoms with Crippen molar-refractivity contribution in [3.8, 4) is 0 Å². The quantitative estimate of drug-likeness (QED) is 0.836. The summed E-state index contributed by atoms with van der Waals surface area (Å²) in [5.41, 5.74) is 3.10. The number of piperazine rings is 1. The van der Waals surface area contributed by atoms with Crippen LogP contribution in [0.1, 0.15) is 16.1 Å². The monoisotopic (exact) mass is 414 g/mol. The fourth-order valence-electron chi connectivity index (χ4n) is 3.67. The van der Waals surface area contributed by atoms with Crippen LogP contribution in [0, 0.1) is 6.92 Å². The molecule has 8 heteroatoms. The summed E-state index contributed by atoms with van der Waals surface area (Å²) in [4.78, 5) is 30.9. The average Bonchev–Trinajstić information content (AvgIpc) is 3.30. The zero-order valence-corrected chi connectivity index (χ0v) is 17.4. The number of nitrogens with zero attached hydrogens (tertiary/aromatic N) is 3. The highest BCUT2D eigenvalue weighted by Crippen LogP contribution is 2.25. The van der Waals surface area contributed by atoms with Crippen molar-refractivity contribution in [1.82, 2.24) is 9.80 Å². The molecule has 0 saturated carbocycles. The zero-order chi connectivity index (χ0) is 20.2. The molecule has 1 N–H and O–H groups in total. The van der Waals surface area contributed by atoms with Crippen LogP contribution >= 0.6 is 11.8 Å². The normalized spacial score (nSPS) is 17.3. The molecule has 154 valence electrons. The van der Waals surface area contributed by atoms with Crippen molar-refractivity contribution in [1.29, 1.82) is 0 Å². The molecule has 4 rings (SSSR count). The zero-order valence-electron chi connectivity index (χ0n) is 16.6. The van der Waals surface area contributed by atoms with Crippen molar-refractivity contribution in [2.75, 3.05) is 61.0 Å². The van der Waals surface area contributed by atoms with Crippen LogP contribution < -0.4 is 10.2 Å². The maximum absolute atomic E-state index is 12.7. The van der Waals surface area contributed by atoms with Crippen molar-refractivity contribution in [3.63, 3.8) is 0 Å². The number of carbonyl (C=O) groups excluding carboxylic acids is 2. The van der Waals surface area contributed by atoms with Gasteiger partial charge in [-0.2, -0.15) is 11.8 Å². The molecule has 2 aliphatic heterocycles. The Morgan fingerprint density at radius 3 is 2.38 bits per heavy atom. The van der Waals surface area contributed by atoms with Gasteiger partial charge >= 0.3 is 6.03 Å². The van der Waals surface area contributed by atoms with Crippen LogP contribution in [0.5, 0.6) is 0 Å². The fraction of sp³-hybridized carbons (Fsp3) is 0.429.